The predicted molar refractivity (Wildman–Crippen MR) is 114 cm³/mol. The lowest BCUT2D eigenvalue weighted by molar-refractivity contribution is -0.139. The zero-order chi connectivity index (χ0) is 26.5. The van der Waals surface area contributed by atoms with Crippen LogP contribution in [0.5, 0.6) is 0 Å². The number of alkyl halides is 6. The van der Waals surface area contributed by atoms with Crippen molar-refractivity contribution in [2.24, 2.45) is 0 Å². The molecule has 1 unspecified atom stereocenters. The normalized spacial score (nSPS) is 15.6. The van der Waals surface area contributed by atoms with Crippen LogP contribution in [-0.4, -0.2) is 76.4 Å². The molecule has 36 heavy (non-hydrogen) atoms. The standard InChI is InChI=1S/C20H23F6N7O3/c1-12(30-14-10-29-31-17(35)16(14)20(24,25)26)11-36-7-2-15(34)32-3-5-33(6-4-32)18-27-8-13(9-28-18)19(21,22)23/h8-10,12H,2-7,11H2,1H3,(H2,30,31,35). The molecule has 16 heteroatoms. The van der Waals surface area contributed by atoms with Gasteiger partial charge in [0.15, 0.2) is 0 Å². The van der Waals surface area contributed by atoms with Crippen LogP contribution in [0.2, 0.25) is 0 Å². The largest absolute Gasteiger partial charge is 0.423 e. The molecular weight excluding hydrogens is 500 g/mol. The smallest absolute Gasteiger partial charge is 0.379 e. The average molecular weight is 523 g/mol. The third-order valence-corrected chi connectivity index (χ3v) is 5.25. The summed E-state index contributed by atoms with van der Waals surface area (Å²) in [4.78, 5) is 34.7. The highest BCUT2D eigenvalue weighted by atomic mass is 19.4. The van der Waals surface area contributed by atoms with Crippen molar-refractivity contribution in [2.45, 2.75) is 31.7 Å². The first-order valence-corrected chi connectivity index (χ1v) is 10.8. The van der Waals surface area contributed by atoms with Crippen molar-refractivity contribution in [3.8, 4) is 0 Å². The Kier molecular flexibility index (Phi) is 8.37. The molecule has 0 radical (unpaired) electrons. The molecule has 2 aromatic rings. The average Bonchev–Trinajstić information content (AvgIpc) is 2.80. The topological polar surface area (TPSA) is 116 Å². The van der Waals surface area contributed by atoms with Gasteiger partial charge in [-0.1, -0.05) is 0 Å². The number of amides is 1. The second kappa shape index (κ2) is 11.1. The van der Waals surface area contributed by atoms with Crippen molar-refractivity contribution < 1.29 is 35.9 Å². The lowest BCUT2D eigenvalue weighted by atomic mass is 10.2. The fraction of sp³-hybridized carbons (Fsp3) is 0.550. The molecular formula is C20H23F6N7O3. The van der Waals surface area contributed by atoms with Crippen molar-refractivity contribution in [1.82, 2.24) is 25.1 Å². The highest BCUT2D eigenvalue weighted by molar-refractivity contribution is 5.76. The van der Waals surface area contributed by atoms with Gasteiger partial charge in [0.2, 0.25) is 11.9 Å². The van der Waals surface area contributed by atoms with E-state index in [9.17, 15) is 35.9 Å². The Morgan fingerprint density at radius 3 is 2.31 bits per heavy atom. The van der Waals surface area contributed by atoms with Gasteiger partial charge in [-0.2, -0.15) is 31.4 Å². The fourth-order valence-electron chi connectivity index (χ4n) is 3.46. The molecule has 0 saturated carbocycles. The van der Waals surface area contributed by atoms with E-state index in [1.54, 1.807) is 21.8 Å². The third-order valence-electron chi connectivity index (χ3n) is 5.25. The van der Waals surface area contributed by atoms with E-state index in [2.05, 4.69) is 20.4 Å². The van der Waals surface area contributed by atoms with Crippen molar-refractivity contribution in [3.05, 3.63) is 40.1 Å². The number of nitrogens with zero attached hydrogens (tertiary/aromatic N) is 5. The van der Waals surface area contributed by atoms with E-state index in [-0.39, 0.29) is 31.5 Å². The summed E-state index contributed by atoms with van der Waals surface area (Å²) in [5, 5.41) is 7.66. The van der Waals surface area contributed by atoms with Gasteiger partial charge < -0.3 is 19.9 Å². The van der Waals surface area contributed by atoms with Gasteiger partial charge >= 0.3 is 12.4 Å². The van der Waals surface area contributed by atoms with Gasteiger partial charge in [0.25, 0.3) is 5.56 Å². The van der Waals surface area contributed by atoms with Crippen LogP contribution in [-0.2, 0) is 21.9 Å². The molecule has 0 bridgehead atoms. The number of anilines is 2. The molecule has 198 valence electrons. The van der Waals surface area contributed by atoms with Gasteiger partial charge in [-0.3, -0.25) is 9.59 Å². The zero-order valence-corrected chi connectivity index (χ0v) is 19.0. The van der Waals surface area contributed by atoms with Crippen LogP contribution >= 0.6 is 0 Å². The van der Waals surface area contributed by atoms with Crippen LogP contribution in [0.1, 0.15) is 24.5 Å². The van der Waals surface area contributed by atoms with Gasteiger partial charge in [-0.25, -0.2) is 15.1 Å². The summed E-state index contributed by atoms with van der Waals surface area (Å²) in [6.07, 6.45) is -7.08. The first kappa shape index (κ1) is 27.2. The minimum absolute atomic E-state index is 0.0207. The Hall–Kier alpha value is -3.43. The number of piperazine rings is 1. The second-order valence-corrected chi connectivity index (χ2v) is 7.99. The lowest BCUT2D eigenvalue weighted by Gasteiger charge is -2.34. The van der Waals surface area contributed by atoms with Gasteiger partial charge in [0, 0.05) is 44.6 Å². The number of nitrogens with one attached hydrogen (secondary N) is 2. The van der Waals surface area contributed by atoms with Gasteiger partial charge in [0.05, 0.1) is 37.1 Å². The number of aromatic amines is 1. The van der Waals surface area contributed by atoms with Crippen molar-refractivity contribution in [2.75, 3.05) is 49.6 Å². The van der Waals surface area contributed by atoms with Crippen LogP contribution in [0.4, 0.5) is 38.0 Å². The number of rotatable bonds is 8. The highest BCUT2D eigenvalue weighted by Gasteiger charge is 2.37. The molecule has 10 nitrogen and oxygen atoms in total. The number of hydrogen-bond acceptors (Lipinski definition) is 8. The zero-order valence-electron chi connectivity index (χ0n) is 19.0. The molecule has 1 aliphatic heterocycles. The summed E-state index contributed by atoms with van der Waals surface area (Å²) in [6.45, 7) is 2.85. The number of aromatic nitrogens is 4. The Morgan fingerprint density at radius 1 is 1.08 bits per heavy atom. The molecule has 1 aliphatic rings. The molecule has 1 amide bonds. The summed E-state index contributed by atoms with van der Waals surface area (Å²) < 4.78 is 82.6. The maximum Gasteiger partial charge on any atom is 0.423 e. The molecule has 0 aliphatic carbocycles. The van der Waals surface area contributed by atoms with Gasteiger partial charge in [0.1, 0.15) is 5.56 Å². The summed E-state index contributed by atoms with van der Waals surface area (Å²) in [7, 11) is 0. The number of carbonyl (C=O) groups excluding carboxylic acids is 1. The minimum atomic E-state index is -4.87. The molecule has 3 rings (SSSR count). The summed E-state index contributed by atoms with van der Waals surface area (Å²) in [5.41, 5.74) is -4.18. The van der Waals surface area contributed by atoms with E-state index < -0.39 is 40.8 Å². The first-order valence-electron chi connectivity index (χ1n) is 10.8. The Bertz CT molecular complexity index is 1080. The van der Waals surface area contributed by atoms with Crippen LogP contribution in [0.3, 0.4) is 0 Å². The first-order chi connectivity index (χ1) is 16.9. The van der Waals surface area contributed by atoms with E-state index in [1.165, 1.54) is 0 Å². The van der Waals surface area contributed by atoms with Crippen LogP contribution < -0.4 is 15.8 Å². The number of ether oxygens (including phenoxy) is 1. The Labute approximate surface area is 200 Å². The molecule has 0 spiro atoms. The lowest BCUT2D eigenvalue weighted by Crippen LogP contribution is -2.49. The van der Waals surface area contributed by atoms with Crippen LogP contribution in [0, 0.1) is 0 Å². The summed E-state index contributed by atoms with van der Waals surface area (Å²) in [6, 6.07) is -0.614. The van der Waals surface area contributed by atoms with E-state index in [4.69, 9.17) is 4.74 Å². The summed E-state index contributed by atoms with van der Waals surface area (Å²) >= 11 is 0. The SMILES string of the molecule is CC(COCCC(=O)N1CCN(c2ncc(C(F)(F)F)cn2)CC1)Nc1cn[nH]c(=O)c1C(F)(F)F. The van der Waals surface area contributed by atoms with Crippen molar-refractivity contribution in [3.63, 3.8) is 0 Å². The number of carbonyl (C=O) groups is 1. The van der Waals surface area contributed by atoms with E-state index in [0.29, 0.717) is 38.6 Å². The maximum atomic E-state index is 13.1. The number of hydrogen-bond donors (Lipinski definition) is 2. The molecule has 2 N–H and O–H groups in total. The minimum Gasteiger partial charge on any atom is -0.379 e. The molecule has 0 aromatic carbocycles. The molecule has 1 saturated heterocycles. The Balaban J connectivity index is 1.40. The van der Waals surface area contributed by atoms with E-state index in [0.717, 1.165) is 6.20 Å². The third kappa shape index (κ3) is 7.05. The van der Waals surface area contributed by atoms with Crippen molar-refractivity contribution in [1.29, 1.82) is 0 Å². The molecule has 2 aromatic heterocycles. The molecule has 1 atom stereocenters. The maximum absolute atomic E-state index is 13.1. The second-order valence-electron chi connectivity index (χ2n) is 7.99. The predicted octanol–water partition coefficient (Wildman–Crippen LogP) is 2.15. The van der Waals surface area contributed by atoms with E-state index in [1.807, 2.05) is 0 Å². The summed E-state index contributed by atoms with van der Waals surface area (Å²) in [5.74, 6) is -0.0639. The van der Waals surface area contributed by atoms with Gasteiger partial charge in [-0.15, -0.1) is 0 Å². The van der Waals surface area contributed by atoms with Crippen molar-refractivity contribution >= 4 is 17.5 Å². The Morgan fingerprint density at radius 2 is 1.72 bits per heavy atom. The van der Waals surface area contributed by atoms with Crippen LogP contribution in [0.25, 0.3) is 0 Å². The fourth-order valence-corrected chi connectivity index (χ4v) is 3.46. The number of halogens is 6. The molecule has 3 heterocycles. The monoisotopic (exact) mass is 523 g/mol. The van der Waals surface area contributed by atoms with Gasteiger partial charge in [-0.05, 0) is 6.92 Å². The quantitative estimate of drug-likeness (QED) is 0.400. The van der Waals surface area contributed by atoms with E-state index >= 15 is 0 Å². The van der Waals surface area contributed by atoms with Crippen LogP contribution in [0.15, 0.2) is 23.4 Å². The number of H-pyrrole nitrogens is 1. The molecule has 1 fully saturated rings. The highest BCUT2D eigenvalue weighted by Crippen LogP contribution is 2.31.